The number of carbonyl (C=O) groups excluding carboxylic acids is 1. The Labute approximate surface area is 161 Å². The quantitative estimate of drug-likeness (QED) is 0.493. The van der Waals surface area contributed by atoms with E-state index in [1.54, 1.807) is 5.38 Å². The van der Waals surface area contributed by atoms with Gasteiger partial charge < -0.3 is 14.9 Å². The van der Waals surface area contributed by atoms with Gasteiger partial charge in [0.25, 0.3) is 5.91 Å². The number of halogens is 2. The molecule has 1 aromatic carbocycles. The first-order valence-corrected chi connectivity index (χ1v) is 8.71. The molecule has 8 nitrogen and oxygen atoms in total. The number of ether oxygens (including phenoxy) is 1. The molecule has 0 radical (unpaired) electrons. The van der Waals surface area contributed by atoms with E-state index in [1.807, 2.05) is 0 Å². The molecule has 0 aliphatic heterocycles. The van der Waals surface area contributed by atoms with Gasteiger partial charge in [-0.3, -0.25) is 10.1 Å². The van der Waals surface area contributed by atoms with Crippen LogP contribution >= 0.6 is 11.3 Å². The lowest BCUT2D eigenvalue weighted by Crippen LogP contribution is -2.30. The standard InChI is InChI=1S/C17H12F2N4O4S/c1-9(27-14-3-2-6-20-15(14)23(25)26)16(24)22-17-21-13(8-28-17)10-4-5-11(18)12(19)7-10/h2-9H,1H3,(H,21,22,24)/t9-/m0/s1. The van der Waals surface area contributed by atoms with E-state index in [1.165, 1.54) is 31.3 Å². The minimum absolute atomic E-state index is 0.142. The maximum atomic E-state index is 13.3. The van der Waals surface area contributed by atoms with Gasteiger partial charge in [-0.1, -0.05) is 0 Å². The number of nitrogens with zero attached hydrogens (tertiary/aromatic N) is 3. The third kappa shape index (κ3) is 4.26. The first-order valence-electron chi connectivity index (χ1n) is 7.83. The molecule has 3 aromatic rings. The number of aromatic nitrogens is 2. The second-order valence-corrected chi connectivity index (χ2v) is 6.36. The highest BCUT2D eigenvalue weighted by Crippen LogP contribution is 2.27. The van der Waals surface area contributed by atoms with Crippen molar-refractivity contribution < 1.29 is 23.2 Å². The number of rotatable bonds is 6. The summed E-state index contributed by atoms with van der Waals surface area (Å²) in [4.78, 5) is 30.3. The molecular weight excluding hydrogens is 394 g/mol. The Bertz CT molecular complexity index is 1040. The lowest BCUT2D eigenvalue weighted by atomic mass is 10.2. The first-order chi connectivity index (χ1) is 13.3. The van der Waals surface area contributed by atoms with Crippen molar-refractivity contribution in [1.82, 2.24) is 9.97 Å². The Morgan fingerprint density at radius 3 is 2.82 bits per heavy atom. The lowest BCUT2D eigenvalue weighted by Gasteiger charge is -2.13. The third-order valence-corrected chi connectivity index (χ3v) is 4.30. The van der Waals surface area contributed by atoms with E-state index in [0.29, 0.717) is 11.3 Å². The van der Waals surface area contributed by atoms with E-state index in [4.69, 9.17) is 4.74 Å². The first kappa shape index (κ1) is 19.3. The summed E-state index contributed by atoms with van der Waals surface area (Å²) in [6, 6.07) is 6.13. The molecule has 0 saturated heterocycles. The molecule has 0 aliphatic rings. The molecule has 144 valence electrons. The Kier molecular flexibility index (Phi) is 5.54. The number of pyridine rings is 1. The molecule has 1 atom stereocenters. The minimum Gasteiger partial charge on any atom is -0.473 e. The number of nitro groups is 1. The predicted molar refractivity (Wildman–Crippen MR) is 97.1 cm³/mol. The van der Waals surface area contributed by atoms with Gasteiger partial charge in [0, 0.05) is 10.9 Å². The van der Waals surface area contributed by atoms with Crippen LogP contribution in [0, 0.1) is 21.7 Å². The summed E-state index contributed by atoms with van der Waals surface area (Å²) in [5.41, 5.74) is 0.710. The van der Waals surface area contributed by atoms with Crippen LogP contribution in [-0.2, 0) is 4.79 Å². The van der Waals surface area contributed by atoms with E-state index in [0.717, 1.165) is 23.5 Å². The fourth-order valence-electron chi connectivity index (χ4n) is 2.18. The van der Waals surface area contributed by atoms with Crippen LogP contribution < -0.4 is 10.1 Å². The van der Waals surface area contributed by atoms with Gasteiger partial charge in [-0.15, -0.1) is 11.3 Å². The maximum Gasteiger partial charge on any atom is 0.406 e. The monoisotopic (exact) mass is 406 g/mol. The molecule has 0 spiro atoms. The van der Waals surface area contributed by atoms with Crippen molar-refractivity contribution in [3.05, 3.63) is 63.7 Å². The number of hydrogen-bond acceptors (Lipinski definition) is 7. The van der Waals surface area contributed by atoms with Crippen LogP contribution in [0.2, 0.25) is 0 Å². The molecule has 2 heterocycles. The molecule has 0 fully saturated rings. The SMILES string of the molecule is C[C@H](Oc1cccnc1[N+](=O)[O-])C(=O)Nc1nc(-c2ccc(F)c(F)c2)cs1. The molecule has 0 saturated carbocycles. The average molecular weight is 406 g/mol. The third-order valence-electron chi connectivity index (χ3n) is 3.55. The highest BCUT2D eigenvalue weighted by Gasteiger charge is 2.22. The Balaban J connectivity index is 1.69. The van der Waals surface area contributed by atoms with Crippen LogP contribution in [0.15, 0.2) is 41.9 Å². The molecule has 3 rings (SSSR count). The van der Waals surface area contributed by atoms with E-state index in [-0.39, 0.29) is 10.9 Å². The number of nitrogens with one attached hydrogen (secondary N) is 1. The Morgan fingerprint density at radius 1 is 1.32 bits per heavy atom. The van der Waals surface area contributed by atoms with Crippen molar-refractivity contribution in [1.29, 1.82) is 0 Å². The van der Waals surface area contributed by atoms with Gasteiger partial charge in [0.05, 0.1) is 5.69 Å². The summed E-state index contributed by atoms with van der Waals surface area (Å²) >= 11 is 1.08. The highest BCUT2D eigenvalue weighted by molar-refractivity contribution is 7.14. The van der Waals surface area contributed by atoms with E-state index in [2.05, 4.69) is 15.3 Å². The molecular formula is C17H12F2N4O4S. The largest absolute Gasteiger partial charge is 0.473 e. The molecule has 28 heavy (non-hydrogen) atoms. The van der Waals surface area contributed by atoms with E-state index < -0.39 is 34.4 Å². The molecule has 1 amide bonds. The highest BCUT2D eigenvalue weighted by atomic mass is 32.1. The van der Waals surface area contributed by atoms with Crippen molar-refractivity contribution in [3.63, 3.8) is 0 Å². The normalized spacial score (nSPS) is 11.7. The topological polar surface area (TPSA) is 107 Å². The van der Waals surface area contributed by atoms with Crippen molar-refractivity contribution in [2.24, 2.45) is 0 Å². The van der Waals surface area contributed by atoms with Gasteiger partial charge in [0.15, 0.2) is 22.9 Å². The van der Waals surface area contributed by atoms with E-state index >= 15 is 0 Å². The zero-order valence-corrected chi connectivity index (χ0v) is 15.1. The number of amides is 1. The van der Waals surface area contributed by atoms with Crippen LogP contribution in [0.25, 0.3) is 11.3 Å². The van der Waals surface area contributed by atoms with Crippen LogP contribution in [0.5, 0.6) is 5.75 Å². The molecule has 0 unspecified atom stereocenters. The minimum atomic E-state index is -1.07. The van der Waals surface area contributed by atoms with Gasteiger partial charge in [0.2, 0.25) is 5.75 Å². The van der Waals surface area contributed by atoms with Crippen LogP contribution in [0.4, 0.5) is 19.7 Å². The predicted octanol–water partition coefficient (Wildman–Crippen LogP) is 3.80. The van der Waals surface area contributed by atoms with Crippen molar-refractivity contribution >= 4 is 28.2 Å². The number of hydrogen-bond donors (Lipinski definition) is 1. The van der Waals surface area contributed by atoms with Gasteiger partial charge in [0.1, 0.15) is 6.20 Å². The number of anilines is 1. The molecule has 1 N–H and O–H groups in total. The number of carbonyl (C=O) groups is 1. The zero-order valence-electron chi connectivity index (χ0n) is 14.3. The molecule has 11 heteroatoms. The lowest BCUT2D eigenvalue weighted by molar-refractivity contribution is -0.390. The zero-order chi connectivity index (χ0) is 20.3. The second-order valence-electron chi connectivity index (χ2n) is 5.50. The van der Waals surface area contributed by atoms with Crippen molar-refractivity contribution in [2.75, 3.05) is 5.32 Å². The fourth-order valence-corrected chi connectivity index (χ4v) is 2.90. The Morgan fingerprint density at radius 2 is 2.11 bits per heavy atom. The Hall–Kier alpha value is -3.47. The maximum absolute atomic E-state index is 13.3. The van der Waals surface area contributed by atoms with Crippen molar-refractivity contribution in [2.45, 2.75) is 13.0 Å². The number of thiazole rings is 1. The van der Waals surface area contributed by atoms with Crippen LogP contribution in [0.1, 0.15) is 6.92 Å². The van der Waals surface area contributed by atoms with Crippen LogP contribution in [0.3, 0.4) is 0 Å². The second kappa shape index (κ2) is 8.05. The summed E-state index contributed by atoms with van der Waals surface area (Å²) in [6.45, 7) is 1.41. The van der Waals surface area contributed by atoms with Crippen molar-refractivity contribution in [3.8, 4) is 17.0 Å². The summed E-state index contributed by atoms with van der Waals surface area (Å²) in [6.07, 6.45) is 0.170. The van der Waals surface area contributed by atoms with Crippen LogP contribution in [-0.4, -0.2) is 26.9 Å². The molecule has 2 aromatic heterocycles. The molecule has 0 bridgehead atoms. The van der Waals surface area contributed by atoms with Gasteiger partial charge in [-0.25, -0.2) is 13.8 Å². The number of benzene rings is 1. The summed E-state index contributed by atoms with van der Waals surface area (Å²) < 4.78 is 31.7. The van der Waals surface area contributed by atoms with E-state index in [9.17, 15) is 23.7 Å². The molecule has 0 aliphatic carbocycles. The summed E-state index contributed by atoms with van der Waals surface area (Å²) in [5, 5.41) is 15.2. The van der Waals surface area contributed by atoms with Gasteiger partial charge >= 0.3 is 5.82 Å². The summed E-state index contributed by atoms with van der Waals surface area (Å²) in [5.74, 6) is -3.21. The smallest absolute Gasteiger partial charge is 0.406 e. The van der Waals surface area contributed by atoms with Gasteiger partial charge in [-0.05, 0) is 47.2 Å². The fraction of sp³-hybridized carbons (Fsp3) is 0.118. The average Bonchev–Trinajstić information content (AvgIpc) is 3.12. The summed E-state index contributed by atoms with van der Waals surface area (Å²) in [7, 11) is 0. The van der Waals surface area contributed by atoms with Gasteiger partial charge in [-0.2, -0.15) is 0 Å².